The number of hydrogen-bond donors (Lipinski definition) is 1. The van der Waals surface area contributed by atoms with Crippen LogP contribution < -0.4 is 5.56 Å². The van der Waals surface area contributed by atoms with Crippen LogP contribution in [0.25, 0.3) is 10.9 Å². The summed E-state index contributed by atoms with van der Waals surface area (Å²) in [5, 5.41) is 9.96. The van der Waals surface area contributed by atoms with E-state index in [4.69, 9.17) is 11.6 Å². The van der Waals surface area contributed by atoms with Gasteiger partial charge >= 0.3 is 0 Å². The summed E-state index contributed by atoms with van der Waals surface area (Å²) < 4.78 is 0.496. The molecule has 0 bridgehead atoms. The first kappa shape index (κ1) is 9.48. The Morgan fingerprint density at radius 1 is 1.50 bits per heavy atom. The van der Waals surface area contributed by atoms with Gasteiger partial charge < -0.3 is 5.21 Å². The van der Waals surface area contributed by atoms with Crippen molar-refractivity contribution in [2.24, 2.45) is 0 Å². The Kier molecular flexibility index (Phi) is 2.20. The van der Waals surface area contributed by atoms with E-state index in [1.807, 2.05) is 0 Å². The topological polar surface area (TPSA) is 55.1 Å². The maximum atomic E-state index is 11.5. The predicted octanol–water partition coefficient (Wildman–Crippen LogP) is 2.05. The molecule has 1 aromatic carbocycles. The number of halogens is 2. The highest BCUT2D eigenvalue weighted by molar-refractivity contribution is 9.10. The molecule has 72 valence electrons. The third-order valence-corrected chi connectivity index (χ3v) is 2.52. The van der Waals surface area contributed by atoms with Crippen LogP contribution in [0.5, 0.6) is 0 Å². The van der Waals surface area contributed by atoms with E-state index < -0.39 is 5.56 Å². The van der Waals surface area contributed by atoms with E-state index in [1.165, 1.54) is 6.07 Å². The van der Waals surface area contributed by atoms with Crippen LogP contribution in [0, 0.1) is 0 Å². The molecule has 6 heteroatoms. The summed E-state index contributed by atoms with van der Waals surface area (Å²) in [5.41, 5.74) is -0.0686. The second kappa shape index (κ2) is 3.25. The van der Waals surface area contributed by atoms with E-state index in [1.54, 1.807) is 12.1 Å². The fraction of sp³-hybridized carbons (Fsp3) is 0. The van der Waals surface area contributed by atoms with Gasteiger partial charge in [-0.2, -0.15) is 0 Å². The highest BCUT2D eigenvalue weighted by Crippen LogP contribution is 2.16. The molecule has 1 aromatic heterocycles. The molecule has 2 aromatic rings. The minimum Gasteiger partial charge on any atom is -0.423 e. The lowest BCUT2D eigenvalue weighted by atomic mass is 10.2. The van der Waals surface area contributed by atoms with Gasteiger partial charge in [0.1, 0.15) is 0 Å². The molecule has 0 spiro atoms. The van der Waals surface area contributed by atoms with Crippen molar-refractivity contribution < 1.29 is 5.21 Å². The zero-order chi connectivity index (χ0) is 10.3. The van der Waals surface area contributed by atoms with Crippen LogP contribution >= 0.6 is 27.5 Å². The zero-order valence-electron chi connectivity index (χ0n) is 6.74. The molecule has 0 atom stereocenters. The molecule has 0 aliphatic carbocycles. The van der Waals surface area contributed by atoms with Gasteiger partial charge in [-0.15, -0.1) is 4.73 Å². The summed E-state index contributed by atoms with van der Waals surface area (Å²) in [6.07, 6.45) is 0. The monoisotopic (exact) mass is 274 g/mol. The molecule has 2 rings (SSSR count). The molecule has 4 nitrogen and oxygen atoms in total. The fourth-order valence-electron chi connectivity index (χ4n) is 1.12. The molecule has 0 fully saturated rings. The molecule has 0 unspecified atom stereocenters. The van der Waals surface area contributed by atoms with Crippen molar-refractivity contribution in [1.29, 1.82) is 0 Å². The van der Waals surface area contributed by atoms with Crippen LogP contribution in [0.4, 0.5) is 0 Å². The zero-order valence-corrected chi connectivity index (χ0v) is 9.08. The summed E-state index contributed by atoms with van der Waals surface area (Å²) in [5.74, 6) is 0. The van der Waals surface area contributed by atoms with E-state index in [-0.39, 0.29) is 10.1 Å². The van der Waals surface area contributed by atoms with Crippen LogP contribution in [0.1, 0.15) is 0 Å². The molecule has 0 saturated carbocycles. The second-order valence-electron chi connectivity index (χ2n) is 2.66. The van der Waals surface area contributed by atoms with Gasteiger partial charge in [0.25, 0.3) is 5.56 Å². The largest absolute Gasteiger partial charge is 0.423 e. The number of rotatable bonds is 0. The molecular weight excluding hydrogens is 271 g/mol. The van der Waals surface area contributed by atoms with Crippen molar-refractivity contribution in [2.45, 2.75) is 0 Å². The first-order valence-corrected chi connectivity index (χ1v) is 4.84. The molecule has 1 heterocycles. The maximum absolute atomic E-state index is 11.5. The molecular formula is C8H4BrClN2O2. The number of nitrogens with zero attached hydrogens (tertiary/aromatic N) is 2. The lowest BCUT2D eigenvalue weighted by Gasteiger charge is -2.01. The Morgan fingerprint density at radius 2 is 2.21 bits per heavy atom. The molecule has 0 radical (unpaired) electrons. The average molecular weight is 275 g/mol. The van der Waals surface area contributed by atoms with Crippen LogP contribution in [0.15, 0.2) is 27.7 Å². The summed E-state index contributed by atoms with van der Waals surface area (Å²) in [7, 11) is 0. The lowest BCUT2D eigenvalue weighted by Crippen LogP contribution is -2.19. The maximum Gasteiger partial charge on any atom is 0.294 e. The van der Waals surface area contributed by atoms with Crippen molar-refractivity contribution in [3.63, 3.8) is 0 Å². The quantitative estimate of drug-likeness (QED) is 0.591. The third kappa shape index (κ3) is 1.38. The van der Waals surface area contributed by atoms with Crippen LogP contribution in [0.3, 0.4) is 0 Å². The molecule has 0 aliphatic heterocycles. The highest BCUT2D eigenvalue weighted by Gasteiger charge is 2.07. The molecule has 0 amide bonds. The minimum atomic E-state index is -0.552. The van der Waals surface area contributed by atoms with Crippen molar-refractivity contribution in [1.82, 2.24) is 9.71 Å². The SMILES string of the molecule is O=c1c2cc(Cl)ccc2nc(Br)n1O. The van der Waals surface area contributed by atoms with Gasteiger partial charge in [-0.3, -0.25) is 4.79 Å². The van der Waals surface area contributed by atoms with Gasteiger partial charge in [-0.25, -0.2) is 4.98 Å². The van der Waals surface area contributed by atoms with E-state index in [9.17, 15) is 10.0 Å². The Labute approximate surface area is 91.8 Å². The Bertz CT molecular complexity index is 567. The van der Waals surface area contributed by atoms with Crippen molar-refractivity contribution in [3.05, 3.63) is 38.3 Å². The molecule has 0 saturated heterocycles. The van der Waals surface area contributed by atoms with E-state index in [0.717, 1.165) is 0 Å². The minimum absolute atomic E-state index is 0.0670. The summed E-state index contributed by atoms with van der Waals surface area (Å²) in [6.45, 7) is 0. The summed E-state index contributed by atoms with van der Waals surface area (Å²) >= 11 is 8.67. The van der Waals surface area contributed by atoms with Crippen molar-refractivity contribution in [2.75, 3.05) is 0 Å². The number of fused-ring (bicyclic) bond motifs is 1. The fourth-order valence-corrected chi connectivity index (χ4v) is 1.65. The second-order valence-corrected chi connectivity index (χ2v) is 3.80. The van der Waals surface area contributed by atoms with Crippen LogP contribution in [-0.2, 0) is 0 Å². The molecule has 14 heavy (non-hydrogen) atoms. The third-order valence-electron chi connectivity index (χ3n) is 1.77. The van der Waals surface area contributed by atoms with Gasteiger partial charge in [0.15, 0.2) is 0 Å². The first-order valence-electron chi connectivity index (χ1n) is 3.66. The van der Waals surface area contributed by atoms with Crippen LogP contribution in [-0.4, -0.2) is 14.9 Å². The van der Waals surface area contributed by atoms with Gasteiger partial charge in [-0.05, 0) is 34.1 Å². The summed E-state index contributed by atoms with van der Waals surface area (Å²) in [6, 6.07) is 4.71. The normalized spacial score (nSPS) is 10.7. The number of benzene rings is 1. The standard InChI is InChI=1S/C8H4BrClN2O2/c9-8-11-6-2-1-4(10)3-5(6)7(13)12(8)14/h1-3,14H. The Hall–Kier alpha value is -1.07. The molecule has 0 aliphatic rings. The smallest absolute Gasteiger partial charge is 0.294 e. The first-order chi connectivity index (χ1) is 6.59. The predicted molar refractivity (Wildman–Crippen MR) is 55.9 cm³/mol. The van der Waals surface area contributed by atoms with Gasteiger partial charge in [0.05, 0.1) is 10.9 Å². The summed E-state index contributed by atoms with van der Waals surface area (Å²) in [4.78, 5) is 15.4. The van der Waals surface area contributed by atoms with Crippen molar-refractivity contribution >= 4 is 38.4 Å². The Balaban J connectivity index is 2.99. The number of aromatic nitrogens is 2. The highest BCUT2D eigenvalue weighted by atomic mass is 79.9. The van der Waals surface area contributed by atoms with E-state index in [2.05, 4.69) is 20.9 Å². The van der Waals surface area contributed by atoms with Gasteiger partial charge in [0.2, 0.25) is 4.73 Å². The molecule has 1 N–H and O–H groups in total. The van der Waals surface area contributed by atoms with Gasteiger partial charge in [-0.1, -0.05) is 11.6 Å². The van der Waals surface area contributed by atoms with Crippen molar-refractivity contribution in [3.8, 4) is 0 Å². The van der Waals surface area contributed by atoms with Crippen LogP contribution in [0.2, 0.25) is 5.02 Å². The van der Waals surface area contributed by atoms with E-state index in [0.29, 0.717) is 15.3 Å². The lowest BCUT2D eigenvalue weighted by molar-refractivity contribution is 0.165. The number of hydrogen-bond acceptors (Lipinski definition) is 3. The van der Waals surface area contributed by atoms with Gasteiger partial charge in [0, 0.05) is 5.02 Å². The van der Waals surface area contributed by atoms with E-state index >= 15 is 0 Å². The average Bonchev–Trinajstić information content (AvgIpc) is 2.16. The Morgan fingerprint density at radius 3 is 2.93 bits per heavy atom.